The molecule has 1 aromatic carbocycles. The Hall–Kier alpha value is -0.950. The minimum atomic E-state index is -3.40. The van der Waals surface area contributed by atoms with Gasteiger partial charge in [-0.1, -0.05) is 19.1 Å². The number of rotatable bonds is 5. The number of aliphatic hydroxyl groups excluding tert-OH is 1. The number of sulfonamides is 1. The highest BCUT2D eigenvalue weighted by molar-refractivity contribution is 7.89. The molecule has 21 heavy (non-hydrogen) atoms. The lowest BCUT2D eigenvalue weighted by atomic mass is 10.0. The summed E-state index contributed by atoms with van der Waals surface area (Å²) in [6.07, 6.45) is 1.07. The maximum Gasteiger partial charge on any atom is 0.242 e. The lowest BCUT2D eigenvalue weighted by Gasteiger charge is -2.25. The van der Waals surface area contributed by atoms with Crippen LogP contribution >= 0.6 is 0 Å². The summed E-state index contributed by atoms with van der Waals surface area (Å²) in [5.41, 5.74) is 0.963. The van der Waals surface area contributed by atoms with Crippen molar-refractivity contribution < 1.29 is 13.5 Å². The predicted molar refractivity (Wildman–Crippen MR) is 82.4 cm³/mol. The second-order valence-electron chi connectivity index (χ2n) is 5.92. The molecule has 1 aromatic rings. The van der Waals surface area contributed by atoms with E-state index < -0.39 is 10.0 Å². The molecule has 0 radical (unpaired) electrons. The van der Waals surface area contributed by atoms with Gasteiger partial charge in [-0.2, -0.15) is 0 Å². The van der Waals surface area contributed by atoms with E-state index in [0.29, 0.717) is 17.4 Å². The van der Waals surface area contributed by atoms with Crippen LogP contribution in [0.3, 0.4) is 0 Å². The molecule has 1 heterocycles. The van der Waals surface area contributed by atoms with E-state index in [9.17, 15) is 13.5 Å². The van der Waals surface area contributed by atoms with Crippen LogP contribution in [0.4, 0.5) is 0 Å². The first-order valence-corrected chi connectivity index (χ1v) is 8.66. The fourth-order valence-electron chi connectivity index (χ4n) is 2.83. The normalized spacial score (nSPS) is 23.9. The summed E-state index contributed by atoms with van der Waals surface area (Å²) in [6.45, 7) is 3.91. The molecule has 2 rings (SSSR count). The third kappa shape index (κ3) is 3.45. The van der Waals surface area contributed by atoms with Gasteiger partial charge in [0.15, 0.2) is 0 Å². The van der Waals surface area contributed by atoms with E-state index in [4.69, 9.17) is 0 Å². The van der Waals surface area contributed by atoms with Gasteiger partial charge in [0.25, 0.3) is 0 Å². The zero-order valence-corrected chi connectivity index (χ0v) is 13.7. The van der Waals surface area contributed by atoms with Gasteiger partial charge in [0.1, 0.15) is 0 Å². The molecule has 1 saturated heterocycles. The van der Waals surface area contributed by atoms with Gasteiger partial charge in [0.2, 0.25) is 10.0 Å². The van der Waals surface area contributed by atoms with Crippen LogP contribution < -0.4 is 0 Å². The molecular formula is C15H24N2O3S. The first kappa shape index (κ1) is 16.4. The Bertz CT molecular complexity index is 586. The van der Waals surface area contributed by atoms with Crippen LogP contribution in [0, 0.1) is 5.92 Å². The van der Waals surface area contributed by atoms with Gasteiger partial charge in [-0.05, 0) is 36.6 Å². The van der Waals surface area contributed by atoms with Crippen molar-refractivity contribution in [2.24, 2.45) is 5.92 Å². The number of hydrogen-bond acceptors (Lipinski definition) is 4. The molecule has 0 bridgehead atoms. The molecule has 0 amide bonds. The molecule has 2 atom stereocenters. The molecule has 1 fully saturated rings. The molecule has 2 unspecified atom stereocenters. The lowest BCUT2D eigenvalue weighted by Crippen LogP contribution is -2.34. The van der Waals surface area contributed by atoms with E-state index in [-0.39, 0.29) is 12.6 Å². The second-order valence-corrected chi connectivity index (χ2v) is 8.07. The Kier molecular flexibility index (Phi) is 5.03. The number of hydrogen-bond donors (Lipinski definition) is 1. The summed E-state index contributed by atoms with van der Waals surface area (Å²) < 4.78 is 25.6. The van der Waals surface area contributed by atoms with E-state index >= 15 is 0 Å². The maximum atomic E-state index is 12.2. The van der Waals surface area contributed by atoms with Crippen molar-refractivity contribution in [3.63, 3.8) is 0 Å². The molecular weight excluding hydrogens is 288 g/mol. The zero-order chi connectivity index (χ0) is 15.6. The molecule has 118 valence electrons. The fourth-order valence-corrected chi connectivity index (χ4v) is 3.80. The monoisotopic (exact) mass is 312 g/mol. The van der Waals surface area contributed by atoms with Gasteiger partial charge in [-0.3, -0.25) is 4.90 Å². The Labute approximate surface area is 127 Å². The van der Waals surface area contributed by atoms with Gasteiger partial charge < -0.3 is 5.11 Å². The summed E-state index contributed by atoms with van der Waals surface area (Å²) in [5, 5.41) is 9.50. The van der Waals surface area contributed by atoms with Gasteiger partial charge in [-0.25, -0.2) is 12.7 Å². The van der Waals surface area contributed by atoms with Crippen LogP contribution in [0.1, 0.15) is 18.9 Å². The summed E-state index contributed by atoms with van der Waals surface area (Å²) in [6, 6.07) is 7.23. The largest absolute Gasteiger partial charge is 0.395 e. The number of aliphatic hydroxyl groups is 1. The standard InChI is InChI=1S/C15H24N2O3S/c1-12-7-8-17(15(12)11-18)10-13-5-4-6-14(9-13)21(19,20)16(2)3/h4-6,9,12,15,18H,7-8,10-11H2,1-3H3. The van der Waals surface area contributed by atoms with Crippen molar-refractivity contribution in [3.8, 4) is 0 Å². The maximum absolute atomic E-state index is 12.2. The van der Waals surface area contributed by atoms with Gasteiger partial charge in [0, 0.05) is 26.7 Å². The van der Waals surface area contributed by atoms with Crippen molar-refractivity contribution >= 4 is 10.0 Å². The summed E-state index contributed by atoms with van der Waals surface area (Å²) >= 11 is 0. The molecule has 1 aliphatic heterocycles. The highest BCUT2D eigenvalue weighted by Crippen LogP contribution is 2.26. The second kappa shape index (κ2) is 6.44. The SMILES string of the molecule is CC1CCN(Cc2cccc(S(=O)(=O)N(C)C)c2)C1CO. The number of likely N-dealkylation sites (tertiary alicyclic amines) is 1. The van der Waals surface area contributed by atoms with Gasteiger partial charge in [0.05, 0.1) is 11.5 Å². The molecule has 1 N–H and O–H groups in total. The van der Waals surface area contributed by atoms with Crippen LogP contribution in [-0.2, 0) is 16.6 Å². The Morgan fingerprint density at radius 3 is 2.71 bits per heavy atom. The van der Waals surface area contributed by atoms with Crippen LogP contribution in [-0.4, -0.2) is 56.0 Å². The third-order valence-corrected chi connectivity index (χ3v) is 6.06. The molecule has 6 heteroatoms. The molecule has 0 aliphatic carbocycles. The van der Waals surface area contributed by atoms with E-state index in [0.717, 1.165) is 18.5 Å². The van der Waals surface area contributed by atoms with Crippen LogP contribution in [0.2, 0.25) is 0 Å². The third-order valence-electron chi connectivity index (χ3n) is 4.25. The first-order valence-electron chi connectivity index (χ1n) is 7.22. The van der Waals surface area contributed by atoms with Gasteiger partial charge >= 0.3 is 0 Å². The summed E-state index contributed by atoms with van der Waals surface area (Å²) in [7, 11) is -0.330. The minimum Gasteiger partial charge on any atom is -0.395 e. The highest BCUT2D eigenvalue weighted by atomic mass is 32.2. The predicted octanol–water partition coefficient (Wildman–Crippen LogP) is 1.14. The van der Waals surface area contributed by atoms with Gasteiger partial charge in [-0.15, -0.1) is 0 Å². The smallest absolute Gasteiger partial charge is 0.242 e. The van der Waals surface area contributed by atoms with Crippen molar-refractivity contribution in [1.29, 1.82) is 0 Å². The quantitative estimate of drug-likeness (QED) is 0.886. The zero-order valence-electron chi connectivity index (χ0n) is 12.9. The highest BCUT2D eigenvalue weighted by Gasteiger charge is 2.30. The Balaban J connectivity index is 2.19. The molecule has 5 nitrogen and oxygen atoms in total. The number of benzene rings is 1. The molecule has 1 aliphatic rings. The average molecular weight is 312 g/mol. The summed E-state index contributed by atoms with van der Waals surface area (Å²) in [5.74, 6) is 0.476. The topological polar surface area (TPSA) is 60.9 Å². The molecule has 0 aromatic heterocycles. The molecule has 0 saturated carbocycles. The fraction of sp³-hybridized carbons (Fsp3) is 0.600. The minimum absolute atomic E-state index is 0.150. The van der Waals surface area contributed by atoms with Crippen molar-refractivity contribution in [2.75, 3.05) is 27.2 Å². The van der Waals surface area contributed by atoms with E-state index in [2.05, 4.69) is 11.8 Å². The van der Waals surface area contributed by atoms with E-state index in [1.54, 1.807) is 18.2 Å². The van der Waals surface area contributed by atoms with Crippen molar-refractivity contribution in [2.45, 2.75) is 30.8 Å². The van der Waals surface area contributed by atoms with Crippen LogP contribution in [0.5, 0.6) is 0 Å². The Morgan fingerprint density at radius 2 is 2.10 bits per heavy atom. The van der Waals surface area contributed by atoms with E-state index in [1.165, 1.54) is 18.4 Å². The average Bonchev–Trinajstić information content (AvgIpc) is 2.79. The summed E-state index contributed by atoms with van der Waals surface area (Å²) in [4.78, 5) is 2.55. The van der Waals surface area contributed by atoms with Crippen molar-refractivity contribution in [1.82, 2.24) is 9.21 Å². The Morgan fingerprint density at radius 1 is 1.38 bits per heavy atom. The van der Waals surface area contributed by atoms with E-state index in [1.807, 2.05) is 6.07 Å². The molecule has 0 spiro atoms. The van der Waals surface area contributed by atoms with Crippen LogP contribution in [0.15, 0.2) is 29.2 Å². The number of nitrogens with zero attached hydrogens (tertiary/aromatic N) is 2. The van der Waals surface area contributed by atoms with Crippen LogP contribution in [0.25, 0.3) is 0 Å². The first-order chi connectivity index (χ1) is 9.86. The van der Waals surface area contributed by atoms with Crippen molar-refractivity contribution in [3.05, 3.63) is 29.8 Å². The lowest BCUT2D eigenvalue weighted by molar-refractivity contribution is 0.134.